The molecule has 1 aromatic heterocycles. The van der Waals surface area contributed by atoms with Crippen molar-refractivity contribution >= 4 is 11.8 Å². The number of hydrogen-bond acceptors (Lipinski definition) is 4. The fraction of sp³-hybridized carbons (Fsp3) is 0.647. The number of piperidine rings is 1. The minimum absolute atomic E-state index is 0.0642. The first kappa shape index (κ1) is 16.1. The standard InChI is InChI=1S/C17H27N5O/c1-21(2)16-11-13(6-8-18-16)12-19-17(23)20-14-7-10-22-9-4-3-5-15(14)22/h6,8,11,14-15H,3-5,7,9-10,12H2,1-2H3,(H2,19,20,23)/t14-,15+/m1/s1. The quantitative estimate of drug-likeness (QED) is 0.885. The lowest BCUT2D eigenvalue weighted by atomic mass is 9.99. The number of fused-ring (bicyclic) bond motifs is 1. The Hall–Kier alpha value is -1.82. The number of carbonyl (C=O) groups excluding carboxylic acids is 1. The summed E-state index contributed by atoms with van der Waals surface area (Å²) >= 11 is 0. The second kappa shape index (κ2) is 7.17. The number of pyridine rings is 1. The van der Waals surface area contributed by atoms with Crippen molar-refractivity contribution in [2.24, 2.45) is 0 Å². The average molecular weight is 317 g/mol. The fourth-order valence-electron chi connectivity index (χ4n) is 3.63. The number of rotatable bonds is 4. The number of anilines is 1. The molecule has 0 saturated carbocycles. The van der Waals surface area contributed by atoms with Gasteiger partial charge < -0.3 is 15.5 Å². The van der Waals surface area contributed by atoms with Crippen molar-refractivity contribution in [3.05, 3.63) is 23.9 Å². The Morgan fingerprint density at radius 1 is 1.35 bits per heavy atom. The minimum atomic E-state index is -0.0642. The third-order valence-corrected chi connectivity index (χ3v) is 4.89. The van der Waals surface area contributed by atoms with E-state index in [1.807, 2.05) is 31.1 Å². The van der Waals surface area contributed by atoms with Gasteiger partial charge in [-0.25, -0.2) is 9.78 Å². The van der Waals surface area contributed by atoms with E-state index < -0.39 is 0 Å². The summed E-state index contributed by atoms with van der Waals surface area (Å²) in [5.41, 5.74) is 1.06. The van der Waals surface area contributed by atoms with Gasteiger partial charge in [0.1, 0.15) is 5.82 Å². The second-order valence-electron chi connectivity index (χ2n) is 6.74. The number of carbonyl (C=O) groups is 1. The van der Waals surface area contributed by atoms with Crippen molar-refractivity contribution in [1.29, 1.82) is 0 Å². The Kier molecular flexibility index (Phi) is 5.00. The average Bonchev–Trinajstić information content (AvgIpc) is 2.96. The molecule has 0 bridgehead atoms. The van der Waals surface area contributed by atoms with Gasteiger partial charge >= 0.3 is 6.03 Å². The summed E-state index contributed by atoms with van der Waals surface area (Å²) in [5, 5.41) is 6.14. The highest BCUT2D eigenvalue weighted by atomic mass is 16.2. The largest absolute Gasteiger partial charge is 0.363 e. The number of hydrogen-bond donors (Lipinski definition) is 2. The molecular weight excluding hydrogens is 290 g/mol. The zero-order valence-corrected chi connectivity index (χ0v) is 14.1. The van der Waals surface area contributed by atoms with Crippen LogP contribution in [0.2, 0.25) is 0 Å². The fourth-order valence-corrected chi connectivity index (χ4v) is 3.63. The topological polar surface area (TPSA) is 60.5 Å². The Bertz CT molecular complexity index is 548. The van der Waals surface area contributed by atoms with Gasteiger partial charge in [0.25, 0.3) is 0 Å². The molecule has 2 amide bonds. The predicted octanol–water partition coefficient (Wildman–Crippen LogP) is 1.57. The molecule has 0 unspecified atom stereocenters. The third kappa shape index (κ3) is 3.93. The molecule has 2 N–H and O–H groups in total. The van der Waals surface area contributed by atoms with E-state index in [1.54, 1.807) is 6.20 Å². The molecule has 0 radical (unpaired) electrons. The number of aromatic nitrogens is 1. The van der Waals surface area contributed by atoms with Crippen molar-refractivity contribution in [1.82, 2.24) is 20.5 Å². The molecule has 0 spiro atoms. The normalized spacial score (nSPS) is 24.1. The SMILES string of the molecule is CN(C)c1cc(CNC(=O)N[C@@H]2CCN3CCCC[C@@H]23)ccn1. The summed E-state index contributed by atoms with van der Waals surface area (Å²) in [7, 11) is 3.92. The Balaban J connectivity index is 1.49. The summed E-state index contributed by atoms with van der Waals surface area (Å²) in [6.07, 6.45) is 6.64. The maximum absolute atomic E-state index is 12.2. The lowest BCUT2D eigenvalue weighted by molar-refractivity contribution is 0.179. The Labute approximate surface area is 138 Å². The van der Waals surface area contributed by atoms with Crippen molar-refractivity contribution < 1.29 is 4.79 Å². The molecule has 6 heteroatoms. The van der Waals surface area contributed by atoms with Crippen molar-refractivity contribution in [3.63, 3.8) is 0 Å². The van der Waals surface area contributed by atoms with Crippen LogP contribution in [0.25, 0.3) is 0 Å². The summed E-state index contributed by atoms with van der Waals surface area (Å²) in [6.45, 7) is 2.83. The molecular formula is C17H27N5O. The lowest BCUT2D eigenvalue weighted by Gasteiger charge is -2.32. The molecule has 2 aliphatic rings. The van der Waals surface area contributed by atoms with E-state index in [9.17, 15) is 4.79 Å². The van der Waals surface area contributed by atoms with Crippen LogP contribution in [0.5, 0.6) is 0 Å². The minimum Gasteiger partial charge on any atom is -0.363 e. The van der Waals surface area contributed by atoms with Gasteiger partial charge in [0, 0.05) is 45.5 Å². The molecule has 126 valence electrons. The van der Waals surface area contributed by atoms with Gasteiger partial charge in [-0.1, -0.05) is 6.42 Å². The lowest BCUT2D eigenvalue weighted by Crippen LogP contribution is -2.49. The number of urea groups is 1. The first-order valence-electron chi connectivity index (χ1n) is 8.54. The van der Waals surface area contributed by atoms with Gasteiger partial charge in [0.15, 0.2) is 0 Å². The highest BCUT2D eigenvalue weighted by Gasteiger charge is 2.36. The predicted molar refractivity (Wildman–Crippen MR) is 91.6 cm³/mol. The monoisotopic (exact) mass is 317 g/mol. The van der Waals surface area contributed by atoms with E-state index in [0.29, 0.717) is 18.6 Å². The molecule has 2 aliphatic heterocycles. The van der Waals surface area contributed by atoms with Gasteiger partial charge in [-0.15, -0.1) is 0 Å². The van der Waals surface area contributed by atoms with E-state index in [-0.39, 0.29) is 6.03 Å². The highest BCUT2D eigenvalue weighted by molar-refractivity contribution is 5.74. The summed E-state index contributed by atoms with van der Waals surface area (Å²) in [5.74, 6) is 0.901. The van der Waals surface area contributed by atoms with Gasteiger partial charge in [0.05, 0.1) is 0 Å². The zero-order chi connectivity index (χ0) is 16.2. The Morgan fingerprint density at radius 2 is 2.22 bits per heavy atom. The molecule has 2 atom stereocenters. The van der Waals surface area contributed by atoms with Crippen LogP contribution in [-0.2, 0) is 6.54 Å². The van der Waals surface area contributed by atoms with E-state index >= 15 is 0 Å². The van der Waals surface area contributed by atoms with Crippen LogP contribution in [0.4, 0.5) is 10.6 Å². The molecule has 0 aromatic carbocycles. The zero-order valence-electron chi connectivity index (χ0n) is 14.1. The van der Waals surface area contributed by atoms with E-state index in [0.717, 1.165) is 24.3 Å². The van der Waals surface area contributed by atoms with E-state index in [2.05, 4.69) is 20.5 Å². The summed E-state index contributed by atoms with van der Waals surface area (Å²) in [6, 6.07) is 4.70. The summed E-state index contributed by atoms with van der Waals surface area (Å²) in [4.78, 5) is 21.0. The van der Waals surface area contributed by atoms with Gasteiger partial charge in [0.2, 0.25) is 0 Å². The van der Waals surface area contributed by atoms with Crippen LogP contribution in [0.1, 0.15) is 31.2 Å². The molecule has 3 rings (SSSR count). The first-order chi connectivity index (χ1) is 11.1. The van der Waals surface area contributed by atoms with Crippen LogP contribution in [0.15, 0.2) is 18.3 Å². The van der Waals surface area contributed by atoms with Crippen molar-refractivity contribution in [3.8, 4) is 0 Å². The van der Waals surface area contributed by atoms with Gasteiger partial charge in [-0.05, 0) is 43.5 Å². The van der Waals surface area contributed by atoms with Crippen LogP contribution in [0, 0.1) is 0 Å². The van der Waals surface area contributed by atoms with Gasteiger partial charge in [-0.2, -0.15) is 0 Å². The third-order valence-electron chi connectivity index (χ3n) is 4.89. The maximum Gasteiger partial charge on any atom is 0.315 e. The smallest absolute Gasteiger partial charge is 0.315 e. The summed E-state index contributed by atoms with van der Waals surface area (Å²) < 4.78 is 0. The van der Waals surface area contributed by atoms with Crippen LogP contribution < -0.4 is 15.5 Å². The maximum atomic E-state index is 12.2. The van der Waals surface area contributed by atoms with Crippen LogP contribution >= 0.6 is 0 Å². The molecule has 6 nitrogen and oxygen atoms in total. The van der Waals surface area contributed by atoms with E-state index in [1.165, 1.54) is 25.8 Å². The first-order valence-corrected chi connectivity index (χ1v) is 8.54. The number of nitrogens with one attached hydrogen (secondary N) is 2. The van der Waals surface area contributed by atoms with Crippen LogP contribution in [0.3, 0.4) is 0 Å². The second-order valence-corrected chi connectivity index (χ2v) is 6.74. The number of nitrogens with zero attached hydrogens (tertiary/aromatic N) is 3. The molecule has 0 aliphatic carbocycles. The number of amides is 2. The van der Waals surface area contributed by atoms with Crippen LogP contribution in [-0.4, -0.2) is 55.2 Å². The molecule has 23 heavy (non-hydrogen) atoms. The molecule has 2 saturated heterocycles. The molecule has 2 fully saturated rings. The highest BCUT2D eigenvalue weighted by Crippen LogP contribution is 2.27. The molecule has 1 aromatic rings. The van der Waals surface area contributed by atoms with Crippen molar-refractivity contribution in [2.75, 3.05) is 32.1 Å². The van der Waals surface area contributed by atoms with E-state index in [4.69, 9.17) is 0 Å². The van der Waals surface area contributed by atoms with Crippen molar-refractivity contribution in [2.45, 2.75) is 44.3 Å². The molecule has 3 heterocycles. The Morgan fingerprint density at radius 3 is 3.04 bits per heavy atom. The van der Waals surface area contributed by atoms with Gasteiger partial charge in [-0.3, -0.25) is 4.90 Å².